The molecule has 0 saturated carbocycles. The molecule has 6 nitrogen and oxygen atoms in total. The fourth-order valence-corrected chi connectivity index (χ4v) is 7.08. The average Bonchev–Trinajstić information content (AvgIpc) is 3.18. The lowest BCUT2D eigenvalue weighted by Gasteiger charge is -2.24. The number of hydrogen-bond donors (Lipinski definition) is 3. The van der Waals surface area contributed by atoms with E-state index in [2.05, 4.69) is 62.5 Å². The van der Waals surface area contributed by atoms with Crippen molar-refractivity contribution in [1.82, 2.24) is 5.32 Å². The van der Waals surface area contributed by atoms with Gasteiger partial charge in [0.2, 0.25) is 5.91 Å². The van der Waals surface area contributed by atoms with Crippen LogP contribution in [0.1, 0.15) is 239 Å². The molecule has 3 unspecified atom stereocenters. The highest BCUT2D eigenvalue weighted by Gasteiger charge is 2.24. The first-order chi connectivity index (χ1) is 27.0. The molecule has 0 aromatic heterocycles. The number of esters is 1. The van der Waals surface area contributed by atoms with E-state index >= 15 is 0 Å². The van der Waals surface area contributed by atoms with Gasteiger partial charge in [-0.3, -0.25) is 9.59 Å². The van der Waals surface area contributed by atoms with Crippen molar-refractivity contribution in [1.29, 1.82) is 0 Å². The van der Waals surface area contributed by atoms with E-state index in [1.54, 1.807) is 0 Å². The first-order valence-electron chi connectivity index (χ1n) is 23.7. The van der Waals surface area contributed by atoms with E-state index in [-0.39, 0.29) is 24.9 Å². The van der Waals surface area contributed by atoms with Gasteiger partial charge < -0.3 is 20.3 Å². The Balaban J connectivity index is 4.67. The van der Waals surface area contributed by atoms with E-state index in [1.807, 2.05) is 0 Å². The molecule has 0 heterocycles. The Kier molecular flexibility index (Phi) is 41.7. The van der Waals surface area contributed by atoms with Crippen molar-refractivity contribution < 1.29 is 24.5 Å². The van der Waals surface area contributed by atoms with Gasteiger partial charge in [0.05, 0.1) is 25.2 Å². The van der Waals surface area contributed by atoms with E-state index in [0.717, 1.165) is 70.6 Å². The molecule has 0 saturated heterocycles. The summed E-state index contributed by atoms with van der Waals surface area (Å²) in [5, 5.41) is 23.6. The third-order valence-corrected chi connectivity index (χ3v) is 10.7. The summed E-state index contributed by atoms with van der Waals surface area (Å²) in [6.45, 7) is 6.42. The van der Waals surface area contributed by atoms with Gasteiger partial charge in [-0.1, -0.05) is 198 Å². The number of carbonyl (C=O) groups is 2. The zero-order chi connectivity index (χ0) is 40.3. The summed E-state index contributed by atoms with van der Waals surface area (Å²) in [4.78, 5) is 26.0. The molecule has 0 spiro atoms. The molecule has 3 N–H and O–H groups in total. The summed E-state index contributed by atoms with van der Waals surface area (Å²) in [5.74, 6) is -0.507. The second-order valence-electron chi connectivity index (χ2n) is 16.2. The zero-order valence-electron chi connectivity index (χ0n) is 36.6. The summed E-state index contributed by atoms with van der Waals surface area (Å²) in [6, 6.07) is -0.709. The van der Waals surface area contributed by atoms with Crippen LogP contribution in [0.4, 0.5) is 0 Å². The van der Waals surface area contributed by atoms with Crippen LogP contribution < -0.4 is 5.32 Å². The van der Waals surface area contributed by atoms with Crippen LogP contribution >= 0.6 is 0 Å². The maximum absolute atomic E-state index is 13.1. The molecule has 0 aliphatic heterocycles. The predicted molar refractivity (Wildman–Crippen MR) is 236 cm³/mol. The Hall–Kier alpha value is -1.92. The highest BCUT2D eigenvalue weighted by molar-refractivity contribution is 5.77. The van der Waals surface area contributed by atoms with Gasteiger partial charge >= 0.3 is 5.97 Å². The number of hydrogen-bond acceptors (Lipinski definition) is 5. The van der Waals surface area contributed by atoms with Gasteiger partial charge in [-0.15, -0.1) is 0 Å². The van der Waals surface area contributed by atoms with Crippen LogP contribution in [-0.4, -0.2) is 46.9 Å². The van der Waals surface area contributed by atoms with Gasteiger partial charge in [-0.2, -0.15) is 0 Å². The summed E-state index contributed by atoms with van der Waals surface area (Å²) < 4.78 is 5.89. The van der Waals surface area contributed by atoms with E-state index in [4.69, 9.17) is 4.74 Å². The standard InChI is InChI=1S/C49H91NO5/c1-4-7-10-13-16-19-22-23-24-25-27-28-31-34-37-40-45(55-49(54)42-39-36-33-30-26-20-17-14-11-8-5-2)43-48(53)50-46(44-51)47(52)41-38-35-32-29-21-18-15-12-9-6-3/h16,19,23-24,27-28,45-47,51-52H,4-15,17-18,20-22,25-26,29-44H2,1-3H3,(H,50,53)/b19-16-,24-23-,28-27-. The normalized spacial score (nSPS) is 13.6. The maximum atomic E-state index is 13.1. The first kappa shape index (κ1) is 53.1. The molecule has 0 aliphatic rings. The minimum absolute atomic E-state index is 0.0547. The number of ether oxygens (including phenoxy) is 1. The molecule has 0 aromatic carbocycles. The fourth-order valence-electron chi connectivity index (χ4n) is 7.08. The lowest BCUT2D eigenvalue weighted by atomic mass is 10.0. The van der Waals surface area contributed by atoms with E-state index < -0.39 is 18.2 Å². The summed E-state index contributed by atoms with van der Waals surface area (Å²) in [5.41, 5.74) is 0. The van der Waals surface area contributed by atoms with E-state index in [1.165, 1.54) is 122 Å². The first-order valence-corrected chi connectivity index (χ1v) is 23.7. The predicted octanol–water partition coefficient (Wildman–Crippen LogP) is 13.7. The monoisotopic (exact) mass is 774 g/mol. The third-order valence-electron chi connectivity index (χ3n) is 10.7. The Morgan fingerprint density at radius 2 is 0.927 bits per heavy atom. The van der Waals surface area contributed by atoms with Crippen LogP contribution in [0.25, 0.3) is 0 Å². The van der Waals surface area contributed by atoms with Gasteiger partial charge in [0, 0.05) is 6.42 Å². The highest BCUT2D eigenvalue weighted by atomic mass is 16.5. The number of rotatable bonds is 42. The van der Waals surface area contributed by atoms with Crippen LogP contribution in [0.15, 0.2) is 36.5 Å². The zero-order valence-corrected chi connectivity index (χ0v) is 36.6. The topological polar surface area (TPSA) is 95.9 Å². The quantitative estimate of drug-likeness (QED) is 0.0326. The van der Waals surface area contributed by atoms with Gasteiger partial charge in [0.1, 0.15) is 6.10 Å². The SMILES string of the molecule is CCCCC/C=C\C/C=C\C/C=C\CCCCC(CC(=O)NC(CO)C(O)CCCCCCCCCCCC)OC(=O)CCCCCCCCCCCCC. The molecular formula is C49H91NO5. The van der Waals surface area contributed by atoms with Gasteiger partial charge in [0.25, 0.3) is 0 Å². The van der Waals surface area contributed by atoms with Crippen LogP contribution in [-0.2, 0) is 14.3 Å². The Bertz CT molecular complexity index is 915. The molecular weight excluding hydrogens is 683 g/mol. The second-order valence-corrected chi connectivity index (χ2v) is 16.2. The molecule has 0 radical (unpaired) electrons. The molecule has 6 heteroatoms. The average molecular weight is 774 g/mol. The smallest absolute Gasteiger partial charge is 0.306 e. The number of unbranched alkanes of at least 4 members (excludes halogenated alkanes) is 24. The van der Waals surface area contributed by atoms with Crippen LogP contribution in [0.2, 0.25) is 0 Å². The minimum Gasteiger partial charge on any atom is -0.462 e. The van der Waals surface area contributed by atoms with Crippen molar-refractivity contribution in [2.45, 2.75) is 257 Å². The summed E-state index contributed by atoms with van der Waals surface area (Å²) in [7, 11) is 0. The minimum atomic E-state index is -0.793. The molecule has 0 bridgehead atoms. The van der Waals surface area contributed by atoms with Gasteiger partial charge in [0.15, 0.2) is 0 Å². The molecule has 55 heavy (non-hydrogen) atoms. The fraction of sp³-hybridized carbons (Fsp3) is 0.837. The summed E-state index contributed by atoms with van der Waals surface area (Å²) >= 11 is 0. The summed E-state index contributed by atoms with van der Waals surface area (Å²) in [6.07, 6.45) is 49.1. The molecule has 0 aliphatic carbocycles. The Morgan fingerprint density at radius 3 is 1.42 bits per heavy atom. The largest absolute Gasteiger partial charge is 0.462 e. The van der Waals surface area contributed by atoms with Crippen LogP contribution in [0, 0.1) is 0 Å². The van der Waals surface area contributed by atoms with E-state index in [0.29, 0.717) is 19.3 Å². The molecule has 0 fully saturated rings. The van der Waals surface area contributed by atoms with Crippen LogP contribution in [0.3, 0.4) is 0 Å². The molecule has 3 atom stereocenters. The molecule has 0 rings (SSSR count). The number of carbonyl (C=O) groups excluding carboxylic acids is 2. The molecule has 322 valence electrons. The van der Waals surface area contributed by atoms with Crippen LogP contribution in [0.5, 0.6) is 0 Å². The van der Waals surface area contributed by atoms with Crippen molar-refractivity contribution in [2.75, 3.05) is 6.61 Å². The number of aliphatic hydroxyl groups excluding tert-OH is 2. The van der Waals surface area contributed by atoms with Crippen molar-refractivity contribution in [3.63, 3.8) is 0 Å². The molecule has 1 amide bonds. The van der Waals surface area contributed by atoms with Gasteiger partial charge in [-0.25, -0.2) is 0 Å². The number of allylic oxidation sites excluding steroid dienone is 6. The Morgan fingerprint density at radius 1 is 0.527 bits per heavy atom. The van der Waals surface area contributed by atoms with Crippen molar-refractivity contribution in [2.24, 2.45) is 0 Å². The number of nitrogens with one attached hydrogen (secondary N) is 1. The van der Waals surface area contributed by atoms with Crippen molar-refractivity contribution in [3.05, 3.63) is 36.5 Å². The number of amides is 1. The number of aliphatic hydroxyl groups is 2. The van der Waals surface area contributed by atoms with Crippen molar-refractivity contribution in [3.8, 4) is 0 Å². The lowest BCUT2D eigenvalue weighted by molar-refractivity contribution is -0.151. The highest BCUT2D eigenvalue weighted by Crippen LogP contribution is 2.17. The second kappa shape index (κ2) is 43.2. The Labute approximate surface area is 341 Å². The van der Waals surface area contributed by atoms with Crippen molar-refractivity contribution >= 4 is 11.9 Å². The van der Waals surface area contributed by atoms with Gasteiger partial charge in [-0.05, 0) is 64.2 Å². The molecule has 0 aromatic rings. The van der Waals surface area contributed by atoms with E-state index in [9.17, 15) is 19.8 Å². The maximum Gasteiger partial charge on any atom is 0.306 e. The lowest BCUT2D eigenvalue weighted by Crippen LogP contribution is -2.46. The third kappa shape index (κ3) is 38.7.